The van der Waals surface area contributed by atoms with Crippen molar-refractivity contribution in [2.24, 2.45) is 0 Å². The molecule has 0 aliphatic heterocycles. The minimum atomic E-state index is 0.481. The van der Waals surface area contributed by atoms with E-state index >= 15 is 0 Å². The van der Waals surface area contributed by atoms with Crippen molar-refractivity contribution in [3.63, 3.8) is 0 Å². The summed E-state index contributed by atoms with van der Waals surface area (Å²) in [4.78, 5) is 6.08. The summed E-state index contributed by atoms with van der Waals surface area (Å²) in [6.07, 6.45) is 0.959. The molecule has 0 bridgehead atoms. The first-order valence-electron chi connectivity index (χ1n) is 6.68. The summed E-state index contributed by atoms with van der Waals surface area (Å²) in [5, 5.41) is 5.24. The zero-order valence-corrected chi connectivity index (χ0v) is 15.0. The fraction of sp³-hybridized carbons (Fsp3) is 0.400. The first-order valence-corrected chi connectivity index (χ1v) is 8.67. The number of aromatic nitrogens is 1. The van der Waals surface area contributed by atoms with Gasteiger partial charge in [0.15, 0.2) is 0 Å². The number of rotatable bonds is 5. The van der Waals surface area contributed by atoms with Crippen LogP contribution in [0.25, 0.3) is 10.6 Å². The van der Waals surface area contributed by atoms with Gasteiger partial charge in [-0.1, -0.05) is 38.4 Å². The standard InChI is InChI=1S/C15H18BrClN2S/c1-4-13-14(8-18-9(2)3)20-15(19-13)10-5-6-12(17)11(16)7-10/h5-7,9,18H,4,8H2,1-3H3. The topological polar surface area (TPSA) is 24.9 Å². The summed E-state index contributed by atoms with van der Waals surface area (Å²) in [5.41, 5.74) is 2.29. The van der Waals surface area contributed by atoms with Gasteiger partial charge in [0.05, 0.1) is 10.7 Å². The van der Waals surface area contributed by atoms with Crippen LogP contribution in [0.15, 0.2) is 22.7 Å². The molecule has 20 heavy (non-hydrogen) atoms. The molecule has 0 aliphatic carbocycles. The predicted molar refractivity (Wildman–Crippen MR) is 91.6 cm³/mol. The Morgan fingerprint density at radius 1 is 1.40 bits per heavy atom. The largest absolute Gasteiger partial charge is 0.310 e. The van der Waals surface area contributed by atoms with Crippen LogP contribution in [0.5, 0.6) is 0 Å². The average molecular weight is 374 g/mol. The molecule has 0 aliphatic rings. The molecule has 0 amide bonds. The lowest BCUT2D eigenvalue weighted by molar-refractivity contribution is 0.590. The number of thiazole rings is 1. The molecule has 0 fully saturated rings. The number of hydrogen-bond acceptors (Lipinski definition) is 3. The Morgan fingerprint density at radius 3 is 2.75 bits per heavy atom. The Hall–Kier alpha value is -0.420. The highest BCUT2D eigenvalue weighted by atomic mass is 79.9. The third kappa shape index (κ3) is 3.82. The maximum absolute atomic E-state index is 6.04. The Kier molecular flexibility index (Phi) is 5.61. The third-order valence-corrected chi connectivity index (χ3v) is 5.31. The second-order valence-electron chi connectivity index (χ2n) is 4.91. The molecule has 0 atom stereocenters. The Balaban J connectivity index is 2.30. The molecule has 0 unspecified atom stereocenters. The molecule has 5 heteroatoms. The van der Waals surface area contributed by atoms with Gasteiger partial charge in [-0.25, -0.2) is 4.98 Å². The molecule has 2 aromatic rings. The summed E-state index contributed by atoms with van der Waals surface area (Å²) in [7, 11) is 0. The highest BCUT2D eigenvalue weighted by Crippen LogP contribution is 2.32. The van der Waals surface area contributed by atoms with Gasteiger partial charge in [-0.05, 0) is 34.5 Å². The van der Waals surface area contributed by atoms with Crippen LogP contribution in [0.2, 0.25) is 5.02 Å². The normalized spacial score (nSPS) is 11.3. The lowest BCUT2D eigenvalue weighted by Gasteiger charge is -2.06. The van der Waals surface area contributed by atoms with Crippen molar-refractivity contribution in [3.05, 3.63) is 38.3 Å². The predicted octanol–water partition coefficient (Wildman–Crippen LogP) is 5.29. The number of nitrogens with zero attached hydrogens (tertiary/aromatic N) is 1. The van der Waals surface area contributed by atoms with Crippen LogP contribution >= 0.6 is 38.9 Å². The van der Waals surface area contributed by atoms with E-state index in [9.17, 15) is 0 Å². The minimum Gasteiger partial charge on any atom is -0.310 e. The maximum Gasteiger partial charge on any atom is 0.123 e. The Labute approximate surface area is 137 Å². The SMILES string of the molecule is CCc1nc(-c2ccc(Cl)c(Br)c2)sc1CNC(C)C. The van der Waals surface area contributed by atoms with Crippen LogP contribution in [-0.4, -0.2) is 11.0 Å². The molecule has 2 rings (SSSR count). The van der Waals surface area contributed by atoms with Crippen molar-refractivity contribution < 1.29 is 0 Å². The van der Waals surface area contributed by atoms with Crippen LogP contribution in [0.3, 0.4) is 0 Å². The molecule has 0 saturated heterocycles. The second kappa shape index (κ2) is 7.03. The quantitative estimate of drug-likeness (QED) is 0.770. The molecule has 0 spiro atoms. The number of halogens is 2. The summed E-state index contributed by atoms with van der Waals surface area (Å²) in [5.74, 6) is 0. The van der Waals surface area contributed by atoms with E-state index in [0.717, 1.165) is 33.0 Å². The van der Waals surface area contributed by atoms with Gasteiger partial charge in [0.25, 0.3) is 0 Å². The fourth-order valence-corrected chi connectivity index (χ4v) is 3.44. The number of aryl methyl sites for hydroxylation is 1. The van der Waals surface area contributed by atoms with E-state index in [2.05, 4.69) is 42.0 Å². The maximum atomic E-state index is 6.04. The van der Waals surface area contributed by atoms with Crippen molar-refractivity contribution >= 4 is 38.9 Å². The van der Waals surface area contributed by atoms with Gasteiger partial charge < -0.3 is 5.32 Å². The van der Waals surface area contributed by atoms with E-state index in [0.29, 0.717) is 6.04 Å². The molecule has 1 aromatic carbocycles. The van der Waals surface area contributed by atoms with E-state index in [-0.39, 0.29) is 0 Å². The number of hydrogen-bond donors (Lipinski definition) is 1. The smallest absolute Gasteiger partial charge is 0.123 e. The second-order valence-corrected chi connectivity index (χ2v) is 7.25. The molecular formula is C15H18BrClN2S. The Morgan fingerprint density at radius 2 is 2.15 bits per heavy atom. The van der Waals surface area contributed by atoms with Crippen LogP contribution in [0.1, 0.15) is 31.3 Å². The van der Waals surface area contributed by atoms with E-state index in [1.165, 1.54) is 10.6 Å². The highest BCUT2D eigenvalue weighted by Gasteiger charge is 2.12. The van der Waals surface area contributed by atoms with Crippen LogP contribution < -0.4 is 5.32 Å². The summed E-state index contributed by atoms with van der Waals surface area (Å²) >= 11 is 11.3. The Bertz CT molecular complexity index is 596. The van der Waals surface area contributed by atoms with Crippen molar-refractivity contribution in [3.8, 4) is 10.6 Å². The van der Waals surface area contributed by atoms with E-state index in [1.54, 1.807) is 11.3 Å². The van der Waals surface area contributed by atoms with E-state index < -0.39 is 0 Å². The monoisotopic (exact) mass is 372 g/mol. The van der Waals surface area contributed by atoms with Gasteiger partial charge in [-0.3, -0.25) is 0 Å². The van der Waals surface area contributed by atoms with Crippen molar-refractivity contribution in [1.29, 1.82) is 0 Å². The third-order valence-electron chi connectivity index (χ3n) is 2.95. The lowest BCUT2D eigenvalue weighted by Crippen LogP contribution is -2.21. The molecule has 0 radical (unpaired) electrons. The summed E-state index contributed by atoms with van der Waals surface area (Å²) < 4.78 is 0.909. The average Bonchev–Trinajstić information content (AvgIpc) is 2.82. The van der Waals surface area contributed by atoms with E-state index in [1.807, 2.05) is 18.2 Å². The number of benzene rings is 1. The lowest BCUT2D eigenvalue weighted by atomic mass is 10.2. The summed E-state index contributed by atoms with van der Waals surface area (Å²) in [6, 6.07) is 6.43. The first kappa shape index (κ1) is 16.0. The van der Waals surface area contributed by atoms with Gasteiger partial charge in [0.1, 0.15) is 5.01 Å². The van der Waals surface area contributed by atoms with Gasteiger partial charge in [-0.15, -0.1) is 11.3 Å². The molecule has 1 aromatic heterocycles. The van der Waals surface area contributed by atoms with Gasteiger partial charge in [-0.2, -0.15) is 0 Å². The van der Waals surface area contributed by atoms with Crippen LogP contribution in [-0.2, 0) is 13.0 Å². The zero-order valence-electron chi connectivity index (χ0n) is 11.8. The van der Waals surface area contributed by atoms with Crippen LogP contribution in [0, 0.1) is 0 Å². The van der Waals surface area contributed by atoms with E-state index in [4.69, 9.17) is 16.6 Å². The molecule has 2 nitrogen and oxygen atoms in total. The summed E-state index contributed by atoms with van der Waals surface area (Å²) in [6.45, 7) is 7.34. The molecular weight excluding hydrogens is 356 g/mol. The van der Waals surface area contributed by atoms with Gasteiger partial charge in [0, 0.05) is 27.5 Å². The first-order chi connectivity index (χ1) is 9.51. The van der Waals surface area contributed by atoms with Crippen molar-refractivity contribution in [2.45, 2.75) is 39.8 Å². The highest BCUT2D eigenvalue weighted by molar-refractivity contribution is 9.10. The molecule has 1 heterocycles. The van der Waals surface area contributed by atoms with Crippen molar-refractivity contribution in [1.82, 2.24) is 10.3 Å². The van der Waals surface area contributed by atoms with Gasteiger partial charge >= 0.3 is 0 Å². The molecule has 108 valence electrons. The number of nitrogens with one attached hydrogen (secondary N) is 1. The van der Waals surface area contributed by atoms with Gasteiger partial charge in [0.2, 0.25) is 0 Å². The van der Waals surface area contributed by atoms with Crippen LogP contribution in [0.4, 0.5) is 0 Å². The zero-order chi connectivity index (χ0) is 14.7. The minimum absolute atomic E-state index is 0.481. The molecule has 0 saturated carbocycles. The molecule has 1 N–H and O–H groups in total. The van der Waals surface area contributed by atoms with Crippen molar-refractivity contribution in [2.75, 3.05) is 0 Å². The fourth-order valence-electron chi connectivity index (χ4n) is 1.85.